The molecular formula is C22H35N. The molecular weight excluding hydrogens is 278 g/mol. The summed E-state index contributed by atoms with van der Waals surface area (Å²) in [6.45, 7) is 20.6. The second-order valence-electron chi connectivity index (χ2n) is 4.02. The molecule has 0 aliphatic rings. The Morgan fingerprint density at radius 3 is 1.70 bits per heavy atom. The van der Waals surface area contributed by atoms with E-state index in [1.54, 1.807) is 12.2 Å². The average molecular weight is 314 g/mol. The minimum absolute atomic E-state index is 1.05. The standard InChI is InChI=1S/C12H15N.C5H8.C3H6.C2H6/c1-4-5-10(2)11-6-8-12(13-3)9-7-11;1-3-5-4-2;1-3-2;1-2/h4-9,13H,2H2,1,3H3;3-5H,1H2,2H3;3H,1H2,2H3;1-2H3/b2*5-4-;;. The first-order chi connectivity index (χ1) is 11.1. The maximum atomic E-state index is 3.96. The van der Waals surface area contributed by atoms with Crippen molar-refractivity contribution in [3.8, 4) is 0 Å². The Bertz CT molecular complexity index is 447. The topological polar surface area (TPSA) is 12.0 Å². The number of anilines is 1. The molecule has 0 spiro atoms. The van der Waals surface area contributed by atoms with Gasteiger partial charge in [-0.15, -0.1) is 6.58 Å². The van der Waals surface area contributed by atoms with Crippen molar-refractivity contribution in [1.82, 2.24) is 0 Å². The minimum atomic E-state index is 1.05. The maximum Gasteiger partial charge on any atom is 0.0337 e. The molecule has 0 bridgehead atoms. The van der Waals surface area contributed by atoms with Gasteiger partial charge in [-0.05, 0) is 44.0 Å². The van der Waals surface area contributed by atoms with Gasteiger partial charge in [-0.25, -0.2) is 0 Å². The monoisotopic (exact) mass is 313 g/mol. The van der Waals surface area contributed by atoms with Crippen molar-refractivity contribution in [2.75, 3.05) is 12.4 Å². The molecule has 0 heterocycles. The molecule has 0 fully saturated rings. The number of hydrogen-bond acceptors (Lipinski definition) is 1. The predicted octanol–water partition coefficient (Wildman–Crippen LogP) is 7.28. The summed E-state index contributed by atoms with van der Waals surface area (Å²) < 4.78 is 0. The molecule has 0 atom stereocenters. The zero-order chi connectivity index (χ0) is 18.5. The zero-order valence-electron chi connectivity index (χ0n) is 15.9. The predicted molar refractivity (Wildman–Crippen MR) is 112 cm³/mol. The van der Waals surface area contributed by atoms with E-state index in [2.05, 4.69) is 37.2 Å². The van der Waals surface area contributed by atoms with Crippen LogP contribution in [0.1, 0.15) is 40.2 Å². The summed E-state index contributed by atoms with van der Waals surface area (Å²) in [5.74, 6) is 0. The molecule has 1 heteroatoms. The normalized spacial score (nSPS) is 8.61. The number of hydrogen-bond donors (Lipinski definition) is 1. The lowest BCUT2D eigenvalue weighted by Crippen LogP contribution is -1.87. The Balaban J connectivity index is -0.000000334. The highest BCUT2D eigenvalue weighted by Gasteiger charge is 1.93. The van der Waals surface area contributed by atoms with Gasteiger partial charge in [0.2, 0.25) is 0 Å². The molecule has 0 saturated carbocycles. The van der Waals surface area contributed by atoms with E-state index in [0.717, 1.165) is 16.8 Å². The van der Waals surface area contributed by atoms with E-state index in [1.165, 1.54) is 0 Å². The highest BCUT2D eigenvalue weighted by molar-refractivity contribution is 5.72. The fourth-order valence-corrected chi connectivity index (χ4v) is 1.28. The fourth-order valence-electron chi connectivity index (χ4n) is 1.28. The lowest BCUT2D eigenvalue weighted by Gasteiger charge is -2.02. The Morgan fingerprint density at radius 1 is 0.957 bits per heavy atom. The van der Waals surface area contributed by atoms with Gasteiger partial charge in [0.1, 0.15) is 0 Å². The number of rotatable bonds is 4. The largest absolute Gasteiger partial charge is 0.388 e. The average Bonchev–Trinajstić information content (AvgIpc) is 2.59. The van der Waals surface area contributed by atoms with Gasteiger partial charge < -0.3 is 5.32 Å². The Labute approximate surface area is 144 Å². The summed E-state index contributed by atoms with van der Waals surface area (Å²) in [7, 11) is 1.91. The maximum absolute atomic E-state index is 3.96. The van der Waals surface area contributed by atoms with Crippen molar-refractivity contribution in [3.05, 3.63) is 86.0 Å². The van der Waals surface area contributed by atoms with Crippen LogP contribution in [0.3, 0.4) is 0 Å². The van der Waals surface area contributed by atoms with Gasteiger partial charge in [-0.3, -0.25) is 0 Å². The van der Waals surface area contributed by atoms with Crippen LogP contribution in [-0.4, -0.2) is 7.05 Å². The van der Waals surface area contributed by atoms with Crippen LogP contribution in [0.15, 0.2) is 80.5 Å². The van der Waals surface area contributed by atoms with Crippen molar-refractivity contribution in [2.45, 2.75) is 34.6 Å². The molecule has 23 heavy (non-hydrogen) atoms. The lowest BCUT2D eigenvalue weighted by atomic mass is 10.1. The first kappa shape index (κ1) is 25.7. The van der Waals surface area contributed by atoms with Gasteiger partial charge in [0, 0.05) is 12.7 Å². The minimum Gasteiger partial charge on any atom is -0.388 e. The highest BCUT2D eigenvalue weighted by Crippen LogP contribution is 2.16. The molecule has 0 amide bonds. The number of nitrogens with one attached hydrogen (secondary N) is 1. The lowest BCUT2D eigenvalue weighted by molar-refractivity contribution is 1.50. The Hall–Kier alpha value is -2.28. The van der Waals surface area contributed by atoms with Crippen LogP contribution in [0, 0.1) is 0 Å². The zero-order valence-corrected chi connectivity index (χ0v) is 15.9. The van der Waals surface area contributed by atoms with Gasteiger partial charge in [0.25, 0.3) is 0 Å². The third-order valence-corrected chi connectivity index (χ3v) is 2.24. The third kappa shape index (κ3) is 17.7. The summed E-state index contributed by atoms with van der Waals surface area (Å²) >= 11 is 0. The fraction of sp³-hybridized carbons (Fsp3) is 0.273. The quantitative estimate of drug-likeness (QED) is 0.454. The summed E-state index contributed by atoms with van der Waals surface area (Å²) in [6, 6.07) is 8.22. The van der Waals surface area contributed by atoms with Gasteiger partial charge >= 0.3 is 0 Å². The summed E-state index contributed by atoms with van der Waals surface area (Å²) in [5, 5.41) is 3.08. The second kappa shape index (κ2) is 22.0. The molecule has 0 aromatic heterocycles. The summed E-state index contributed by atoms with van der Waals surface area (Å²) in [5.41, 5.74) is 3.33. The van der Waals surface area contributed by atoms with Gasteiger partial charge in [0.15, 0.2) is 0 Å². The molecule has 0 aliphatic heterocycles. The van der Waals surface area contributed by atoms with Crippen molar-refractivity contribution in [3.63, 3.8) is 0 Å². The third-order valence-electron chi connectivity index (χ3n) is 2.24. The van der Waals surface area contributed by atoms with E-state index in [9.17, 15) is 0 Å². The number of allylic oxidation sites excluding steroid dienone is 7. The molecule has 1 aromatic carbocycles. The Morgan fingerprint density at radius 2 is 1.43 bits per heavy atom. The summed E-state index contributed by atoms with van der Waals surface area (Å²) in [6.07, 6.45) is 11.3. The number of benzene rings is 1. The van der Waals surface area contributed by atoms with E-state index in [4.69, 9.17) is 0 Å². The van der Waals surface area contributed by atoms with E-state index < -0.39 is 0 Å². The molecule has 0 aliphatic carbocycles. The highest BCUT2D eigenvalue weighted by atomic mass is 14.8. The Kier molecular flexibility index (Phi) is 24.6. The van der Waals surface area contributed by atoms with Crippen LogP contribution < -0.4 is 5.32 Å². The van der Waals surface area contributed by atoms with Crippen LogP contribution in [0.2, 0.25) is 0 Å². The first-order valence-electron chi connectivity index (χ1n) is 8.01. The van der Waals surface area contributed by atoms with Crippen molar-refractivity contribution >= 4 is 11.3 Å². The second-order valence-corrected chi connectivity index (χ2v) is 4.02. The molecule has 128 valence electrons. The molecule has 0 radical (unpaired) electrons. The molecule has 1 aromatic rings. The first-order valence-corrected chi connectivity index (χ1v) is 8.01. The molecule has 0 unspecified atom stereocenters. The van der Waals surface area contributed by atoms with E-state index in [-0.39, 0.29) is 0 Å². The smallest absolute Gasteiger partial charge is 0.0337 e. The van der Waals surface area contributed by atoms with Crippen LogP contribution in [0.4, 0.5) is 5.69 Å². The van der Waals surface area contributed by atoms with Crippen LogP contribution >= 0.6 is 0 Å². The van der Waals surface area contributed by atoms with E-state index in [1.807, 2.05) is 78.1 Å². The van der Waals surface area contributed by atoms with E-state index in [0.29, 0.717) is 0 Å². The van der Waals surface area contributed by atoms with Crippen LogP contribution in [0.5, 0.6) is 0 Å². The van der Waals surface area contributed by atoms with Crippen molar-refractivity contribution < 1.29 is 0 Å². The molecule has 0 saturated heterocycles. The molecule has 1 nitrogen and oxygen atoms in total. The van der Waals surface area contributed by atoms with Gasteiger partial charge in [0.05, 0.1) is 0 Å². The van der Waals surface area contributed by atoms with Crippen molar-refractivity contribution in [1.29, 1.82) is 0 Å². The van der Waals surface area contributed by atoms with Gasteiger partial charge in [-0.2, -0.15) is 0 Å². The molecule has 1 N–H and O–H groups in total. The van der Waals surface area contributed by atoms with Gasteiger partial charge in [-0.1, -0.05) is 75.6 Å². The SMILES string of the molecule is C=C(/C=C\C)c1ccc(NC)cc1.C=C/C=C\C.C=CC.CC. The van der Waals surface area contributed by atoms with Crippen LogP contribution in [0.25, 0.3) is 5.57 Å². The van der Waals surface area contributed by atoms with Crippen molar-refractivity contribution in [2.24, 2.45) is 0 Å². The molecule has 1 rings (SSSR count). The van der Waals surface area contributed by atoms with E-state index >= 15 is 0 Å². The van der Waals surface area contributed by atoms with Crippen LogP contribution in [-0.2, 0) is 0 Å². The summed E-state index contributed by atoms with van der Waals surface area (Å²) in [4.78, 5) is 0.